The van der Waals surface area contributed by atoms with Crippen LogP contribution >= 0.6 is 0 Å². The van der Waals surface area contributed by atoms with Gasteiger partial charge in [-0.05, 0) is 12.1 Å². The highest BCUT2D eigenvalue weighted by Gasteiger charge is 2.12. The van der Waals surface area contributed by atoms with E-state index in [1.165, 1.54) is 13.2 Å². The van der Waals surface area contributed by atoms with Crippen LogP contribution in [0.15, 0.2) is 18.2 Å². The third-order valence-electron chi connectivity index (χ3n) is 1.61. The Kier molecular flexibility index (Phi) is 2.50. The SMILES string of the molecule is COC(=O)c1cccc(N)c1C#N. The molecule has 0 unspecified atom stereocenters. The summed E-state index contributed by atoms with van der Waals surface area (Å²) in [6.07, 6.45) is 0. The van der Waals surface area contributed by atoms with Gasteiger partial charge in [0.15, 0.2) is 0 Å². The zero-order valence-electron chi connectivity index (χ0n) is 7.07. The third kappa shape index (κ3) is 1.59. The molecule has 0 spiro atoms. The second-order valence-electron chi connectivity index (χ2n) is 2.37. The topological polar surface area (TPSA) is 76.1 Å². The van der Waals surface area contributed by atoms with Crippen LogP contribution in [-0.2, 0) is 4.74 Å². The molecule has 0 aromatic heterocycles. The summed E-state index contributed by atoms with van der Waals surface area (Å²) in [6.45, 7) is 0. The van der Waals surface area contributed by atoms with Crippen molar-refractivity contribution in [2.75, 3.05) is 12.8 Å². The van der Waals surface area contributed by atoms with Crippen LogP contribution in [0.25, 0.3) is 0 Å². The number of esters is 1. The molecule has 0 heterocycles. The summed E-state index contributed by atoms with van der Waals surface area (Å²) in [5.41, 5.74) is 6.14. The minimum atomic E-state index is -0.552. The molecule has 0 aliphatic carbocycles. The summed E-state index contributed by atoms with van der Waals surface area (Å²) >= 11 is 0. The number of nitrogen functional groups attached to an aromatic ring is 1. The van der Waals surface area contributed by atoms with Gasteiger partial charge in [0.1, 0.15) is 6.07 Å². The molecular formula is C9H8N2O2. The van der Waals surface area contributed by atoms with Crippen molar-refractivity contribution < 1.29 is 9.53 Å². The molecule has 0 amide bonds. The first-order valence-electron chi connectivity index (χ1n) is 3.57. The number of rotatable bonds is 1. The molecule has 0 aliphatic rings. The van der Waals surface area contributed by atoms with Gasteiger partial charge in [-0.1, -0.05) is 6.07 Å². The summed E-state index contributed by atoms with van der Waals surface area (Å²) < 4.78 is 4.49. The van der Waals surface area contributed by atoms with Crippen LogP contribution in [0, 0.1) is 11.3 Å². The van der Waals surface area contributed by atoms with E-state index in [1.54, 1.807) is 12.1 Å². The van der Waals surface area contributed by atoms with E-state index in [2.05, 4.69) is 4.74 Å². The lowest BCUT2D eigenvalue weighted by Gasteiger charge is -2.02. The Labute approximate surface area is 75.5 Å². The Balaban J connectivity index is 3.30. The quantitative estimate of drug-likeness (QED) is 0.510. The fourth-order valence-corrected chi connectivity index (χ4v) is 0.975. The molecule has 0 saturated heterocycles. The minimum Gasteiger partial charge on any atom is -0.465 e. The fourth-order valence-electron chi connectivity index (χ4n) is 0.975. The number of methoxy groups -OCH3 is 1. The number of benzene rings is 1. The maximum absolute atomic E-state index is 11.1. The monoisotopic (exact) mass is 176 g/mol. The Bertz CT molecular complexity index is 380. The van der Waals surface area contributed by atoms with Gasteiger partial charge in [-0.3, -0.25) is 0 Å². The van der Waals surface area contributed by atoms with Crippen molar-refractivity contribution in [1.29, 1.82) is 5.26 Å². The van der Waals surface area contributed by atoms with Gasteiger partial charge in [0.2, 0.25) is 0 Å². The van der Waals surface area contributed by atoms with Gasteiger partial charge in [0.25, 0.3) is 0 Å². The van der Waals surface area contributed by atoms with Crippen LogP contribution in [0.4, 0.5) is 5.69 Å². The Morgan fingerprint density at radius 2 is 2.31 bits per heavy atom. The number of nitrogens with two attached hydrogens (primary N) is 1. The van der Waals surface area contributed by atoms with Crippen molar-refractivity contribution in [3.05, 3.63) is 29.3 Å². The highest BCUT2D eigenvalue weighted by molar-refractivity contribution is 5.94. The first-order chi connectivity index (χ1) is 6.20. The van der Waals surface area contributed by atoms with E-state index in [0.29, 0.717) is 0 Å². The van der Waals surface area contributed by atoms with Crippen LogP contribution < -0.4 is 5.73 Å². The third-order valence-corrected chi connectivity index (χ3v) is 1.61. The van der Waals surface area contributed by atoms with Gasteiger partial charge < -0.3 is 10.5 Å². The lowest BCUT2D eigenvalue weighted by atomic mass is 10.1. The zero-order chi connectivity index (χ0) is 9.84. The molecule has 4 nitrogen and oxygen atoms in total. The van der Waals surface area contributed by atoms with Crippen LogP contribution in [-0.4, -0.2) is 13.1 Å². The zero-order valence-corrected chi connectivity index (χ0v) is 7.07. The molecule has 1 aromatic rings. The smallest absolute Gasteiger partial charge is 0.339 e. The van der Waals surface area contributed by atoms with E-state index in [9.17, 15) is 4.79 Å². The molecule has 4 heteroatoms. The van der Waals surface area contributed by atoms with Crippen molar-refractivity contribution in [3.63, 3.8) is 0 Å². The van der Waals surface area contributed by atoms with Gasteiger partial charge in [-0.25, -0.2) is 4.79 Å². The van der Waals surface area contributed by atoms with E-state index < -0.39 is 5.97 Å². The highest BCUT2D eigenvalue weighted by Crippen LogP contribution is 2.16. The van der Waals surface area contributed by atoms with Gasteiger partial charge in [0.05, 0.1) is 23.9 Å². The van der Waals surface area contributed by atoms with Crippen LogP contribution in [0.3, 0.4) is 0 Å². The number of carbonyl (C=O) groups excluding carboxylic acids is 1. The van der Waals surface area contributed by atoms with E-state index in [4.69, 9.17) is 11.0 Å². The Morgan fingerprint density at radius 3 is 2.85 bits per heavy atom. The van der Waals surface area contributed by atoms with E-state index in [1.807, 2.05) is 6.07 Å². The molecule has 0 radical (unpaired) electrons. The molecule has 0 fully saturated rings. The Hall–Kier alpha value is -2.02. The molecule has 13 heavy (non-hydrogen) atoms. The Morgan fingerprint density at radius 1 is 1.62 bits per heavy atom. The van der Waals surface area contributed by atoms with Crippen LogP contribution in [0.5, 0.6) is 0 Å². The molecular weight excluding hydrogens is 168 g/mol. The second-order valence-corrected chi connectivity index (χ2v) is 2.37. The average molecular weight is 176 g/mol. The number of nitriles is 1. The first-order valence-corrected chi connectivity index (χ1v) is 3.57. The van der Waals surface area contributed by atoms with E-state index in [-0.39, 0.29) is 16.8 Å². The largest absolute Gasteiger partial charge is 0.465 e. The molecule has 0 atom stereocenters. The standard InChI is InChI=1S/C9H8N2O2/c1-13-9(12)6-3-2-4-8(11)7(6)5-10/h2-4H,11H2,1H3. The first kappa shape index (κ1) is 9.07. The maximum atomic E-state index is 11.1. The number of anilines is 1. The number of hydrogen-bond acceptors (Lipinski definition) is 4. The predicted molar refractivity (Wildman–Crippen MR) is 46.9 cm³/mol. The number of hydrogen-bond donors (Lipinski definition) is 1. The molecule has 66 valence electrons. The van der Waals surface area contributed by atoms with Gasteiger partial charge in [0, 0.05) is 0 Å². The van der Waals surface area contributed by atoms with Crippen molar-refractivity contribution in [1.82, 2.24) is 0 Å². The molecule has 2 N–H and O–H groups in total. The molecule has 0 aliphatic heterocycles. The van der Waals surface area contributed by atoms with Gasteiger partial charge in [-0.2, -0.15) is 5.26 Å². The number of nitrogens with zero attached hydrogens (tertiary/aromatic N) is 1. The summed E-state index contributed by atoms with van der Waals surface area (Å²) in [5, 5.41) is 8.71. The molecule has 1 rings (SSSR count). The van der Waals surface area contributed by atoms with Crippen molar-refractivity contribution in [2.24, 2.45) is 0 Å². The maximum Gasteiger partial charge on any atom is 0.339 e. The lowest BCUT2D eigenvalue weighted by molar-refractivity contribution is 0.0600. The van der Waals surface area contributed by atoms with E-state index >= 15 is 0 Å². The second kappa shape index (κ2) is 3.59. The average Bonchev–Trinajstić information content (AvgIpc) is 2.16. The van der Waals surface area contributed by atoms with Crippen LogP contribution in [0.2, 0.25) is 0 Å². The van der Waals surface area contributed by atoms with Crippen molar-refractivity contribution >= 4 is 11.7 Å². The van der Waals surface area contributed by atoms with E-state index in [0.717, 1.165) is 0 Å². The van der Waals surface area contributed by atoms with Gasteiger partial charge in [-0.15, -0.1) is 0 Å². The normalized spacial score (nSPS) is 8.92. The van der Waals surface area contributed by atoms with Gasteiger partial charge >= 0.3 is 5.97 Å². The van der Waals surface area contributed by atoms with Crippen molar-refractivity contribution in [2.45, 2.75) is 0 Å². The number of ether oxygens (including phenoxy) is 1. The molecule has 1 aromatic carbocycles. The minimum absolute atomic E-state index is 0.161. The summed E-state index contributed by atoms with van der Waals surface area (Å²) in [7, 11) is 1.26. The molecule has 0 bridgehead atoms. The predicted octanol–water partition coefficient (Wildman–Crippen LogP) is 0.927. The summed E-state index contributed by atoms with van der Waals surface area (Å²) in [6, 6.07) is 6.51. The van der Waals surface area contributed by atoms with Crippen LogP contribution in [0.1, 0.15) is 15.9 Å². The molecule has 0 saturated carbocycles. The lowest BCUT2D eigenvalue weighted by Crippen LogP contribution is -2.05. The number of carbonyl (C=O) groups is 1. The highest BCUT2D eigenvalue weighted by atomic mass is 16.5. The summed E-state index contributed by atoms with van der Waals surface area (Å²) in [4.78, 5) is 11.1. The van der Waals surface area contributed by atoms with Crippen molar-refractivity contribution in [3.8, 4) is 6.07 Å². The summed E-state index contributed by atoms with van der Waals surface area (Å²) in [5.74, 6) is -0.552. The fraction of sp³-hybridized carbons (Fsp3) is 0.111.